The van der Waals surface area contributed by atoms with Crippen LogP contribution in [0.5, 0.6) is 0 Å². The van der Waals surface area contributed by atoms with Crippen molar-refractivity contribution in [1.82, 2.24) is 14.9 Å². The maximum absolute atomic E-state index is 11.5. The van der Waals surface area contributed by atoms with Gasteiger partial charge in [0.25, 0.3) is 5.91 Å². The topological polar surface area (TPSA) is 113 Å². The van der Waals surface area contributed by atoms with E-state index < -0.39 is 0 Å². The molecule has 7 nitrogen and oxygen atoms in total. The molecule has 8 heteroatoms. The summed E-state index contributed by atoms with van der Waals surface area (Å²) in [4.78, 5) is 11.9. The number of carbonyl (C=O) groups excluding carboxylic acids is 1. The minimum absolute atomic E-state index is 0.0743. The first kappa shape index (κ1) is 11.4. The summed E-state index contributed by atoms with van der Waals surface area (Å²) in [5, 5.41) is 17.4. The second-order valence-electron chi connectivity index (χ2n) is 2.95. The molecule has 1 heterocycles. The fourth-order valence-corrected chi connectivity index (χ4v) is 1.39. The van der Waals surface area contributed by atoms with Crippen LogP contribution in [0.3, 0.4) is 0 Å². The van der Waals surface area contributed by atoms with Crippen molar-refractivity contribution >= 4 is 23.3 Å². The van der Waals surface area contributed by atoms with Gasteiger partial charge in [0.1, 0.15) is 10.7 Å². The first-order chi connectivity index (χ1) is 7.13. The van der Waals surface area contributed by atoms with E-state index in [9.17, 15) is 4.79 Å². The molecule has 0 saturated carbocycles. The third-order valence-electron chi connectivity index (χ3n) is 1.61. The summed E-state index contributed by atoms with van der Waals surface area (Å²) in [6.45, 7) is 1.75. The Kier molecular flexibility index (Phi) is 3.98. The van der Waals surface area contributed by atoms with E-state index in [0.29, 0.717) is 4.88 Å². The molecule has 0 saturated heterocycles. The lowest BCUT2D eigenvalue weighted by atomic mass is 10.2. The number of rotatable bonds is 4. The number of aromatic nitrogens is 2. The van der Waals surface area contributed by atoms with Crippen molar-refractivity contribution < 1.29 is 10.0 Å². The molecule has 0 bridgehead atoms. The molecule has 1 aromatic rings. The third-order valence-corrected chi connectivity index (χ3v) is 2.27. The third kappa shape index (κ3) is 3.50. The summed E-state index contributed by atoms with van der Waals surface area (Å²) >= 11 is 1.01. The van der Waals surface area contributed by atoms with Crippen LogP contribution in [0.25, 0.3) is 0 Å². The Bertz CT molecular complexity index is 350. The molecule has 1 unspecified atom stereocenters. The predicted octanol–water partition coefficient (Wildman–Crippen LogP) is -0.207. The smallest absolute Gasteiger partial charge is 0.264 e. The van der Waals surface area contributed by atoms with Crippen LogP contribution in [0, 0.1) is 0 Å². The number of nitrogens with one attached hydrogen (secondary N) is 1. The van der Waals surface area contributed by atoms with Gasteiger partial charge in [0, 0.05) is 12.5 Å². The van der Waals surface area contributed by atoms with Gasteiger partial charge in [-0.25, -0.2) is 0 Å². The molecular formula is C7H11N5O2S. The molecule has 0 spiro atoms. The summed E-state index contributed by atoms with van der Waals surface area (Å²) in [6, 6.07) is -0.212. The number of amides is 1. The van der Waals surface area contributed by atoms with Crippen LogP contribution in [0.1, 0.15) is 23.0 Å². The van der Waals surface area contributed by atoms with E-state index in [1.807, 2.05) is 0 Å². The number of hydrogen-bond acceptors (Lipinski definition) is 6. The summed E-state index contributed by atoms with van der Waals surface area (Å²) in [6.07, 6.45) is 1.67. The van der Waals surface area contributed by atoms with Crippen molar-refractivity contribution in [3.05, 3.63) is 11.1 Å². The van der Waals surface area contributed by atoms with E-state index in [2.05, 4.69) is 20.1 Å². The quantitative estimate of drug-likeness (QED) is 0.286. The number of nitrogens with zero attached hydrogens (tertiary/aromatic N) is 3. The standard InChI is InChI=1S/C7H11N5O2S/c1-4(2-6(8)11-14)10-7(13)5-3-9-12-15-5/h3-4,14H,2H2,1H3,(H2,8,11)(H,10,13). The van der Waals surface area contributed by atoms with Crippen molar-refractivity contribution in [3.8, 4) is 0 Å². The van der Waals surface area contributed by atoms with Crippen molar-refractivity contribution in [1.29, 1.82) is 0 Å². The average Bonchev–Trinajstić information content (AvgIpc) is 2.70. The van der Waals surface area contributed by atoms with Gasteiger partial charge in [0.2, 0.25) is 0 Å². The monoisotopic (exact) mass is 229 g/mol. The van der Waals surface area contributed by atoms with Crippen LogP contribution in [0.15, 0.2) is 11.4 Å². The maximum atomic E-state index is 11.5. The fourth-order valence-electron chi connectivity index (χ4n) is 0.968. The second-order valence-corrected chi connectivity index (χ2v) is 3.74. The van der Waals surface area contributed by atoms with E-state index in [1.54, 1.807) is 6.92 Å². The molecule has 4 N–H and O–H groups in total. The van der Waals surface area contributed by atoms with E-state index in [4.69, 9.17) is 10.9 Å². The highest BCUT2D eigenvalue weighted by molar-refractivity contribution is 7.07. The summed E-state index contributed by atoms with van der Waals surface area (Å²) in [7, 11) is 0. The van der Waals surface area contributed by atoms with Crippen LogP contribution in [-0.2, 0) is 0 Å². The molecule has 82 valence electrons. The first-order valence-electron chi connectivity index (χ1n) is 4.18. The Morgan fingerprint density at radius 1 is 1.87 bits per heavy atom. The van der Waals surface area contributed by atoms with Crippen LogP contribution >= 0.6 is 11.5 Å². The fraction of sp³-hybridized carbons (Fsp3) is 0.429. The Balaban J connectivity index is 2.45. The predicted molar refractivity (Wildman–Crippen MR) is 54.9 cm³/mol. The molecule has 0 aliphatic rings. The number of carbonyl (C=O) groups is 1. The van der Waals surface area contributed by atoms with Gasteiger partial charge in [-0.05, 0) is 18.5 Å². The minimum atomic E-state index is -0.261. The summed E-state index contributed by atoms with van der Waals surface area (Å²) in [5.41, 5.74) is 5.29. The highest BCUT2D eigenvalue weighted by atomic mass is 32.1. The molecule has 1 aromatic heterocycles. The van der Waals surface area contributed by atoms with Gasteiger partial charge in [-0.3, -0.25) is 4.79 Å². The van der Waals surface area contributed by atoms with Crippen molar-refractivity contribution in [2.75, 3.05) is 0 Å². The van der Waals surface area contributed by atoms with Gasteiger partial charge >= 0.3 is 0 Å². The maximum Gasteiger partial charge on any atom is 0.264 e. The molecule has 0 aromatic carbocycles. The second kappa shape index (κ2) is 5.25. The van der Waals surface area contributed by atoms with Gasteiger partial charge in [-0.1, -0.05) is 9.64 Å². The zero-order valence-electron chi connectivity index (χ0n) is 8.04. The van der Waals surface area contributed by atoms with E-state index in [0.717, 1.165) is 11.5 Å². The van der Waals surface area contributed by atoms with Crippen molar-refractivity contribution in [3.63, 3.8) is 0 Å². The SMILES string of the molecule is CC(CC(N)=NO)NC(=O)c1cnns1. The Labute approximate surface area is 90.1 Å². The normalized spacial score (nSPS) is 13.5. The lowest BCUT2D eigenvalue weighted by Crippen LogP contribution is -2.35. The van der Waals surface area contributed by atoms with Gasteiger partial charge < -0.3 is 16.3 Å². The van der Waals surface area contributed by atoms with Crippen LogP contribution < -0.4 is 11.1 Å². The zero-order valence-corrected chi connectivity index (χ0v) is 8.86. The largest absolute Gasteiger partial charge is 0.409 e. The highest BCUT2D eigenvalue weighted by Gasteiger charge is 2.12. The van der Waals surface area contributed by atoms with Gasteiger partial charge in [-0.15, -0.1) is 5.10 Å². The molecule has 1 rings (SSSR count). The van der Waals surface area contributed by atoms with Crippen LogP contribution in [0.2, 0.25) is 0 Å². The summed E-state index contributed by atoms with van der Waals surface area (Å²) < 4.78 is 3.57. The number of hydrogen-bond donors (Lipinski definition) is 3. The van der Waals surface area contributed by atoms with Gasteiger partial charge in [-0.2, -0.15) is 0 Å². The minimum Gasteiger partial charge on any atom is -0.409 e. The van der Waals surface area contributed by atoms with Crippen molar-refractivity contribution in [2.24, 2.45) is 10.9 Å². The van der Waals surface area contributed by atoms with Crippen LogP contribution in [-0.4, -0.2) is 32.6 Å². The van der Waals surface area contributed by atoms with E-state index in [-0.39, 0.29) is 24.2 Å². The average molecular weight is 229 g/mol. The van der Waals surface area contributed by atoms with Gasteiger partial charge in [0.05, 0.1) is 6.20 Å². The number of nitrogens with two attached hydrogens (primary N) is 1. The van der Waals surface area contributed by atoms with Crippen LogP contribution in [0.4, 0.5) is 0 Å². The lowest BCUT2D eigenvalue weighted by molar-refractivity contribution is 0.0945. The first-order valence-corrected chi connectivity index (χ1v) is 4.95. The Hall–Kier alpha value is -1.70. The molecule has 0 radical (unpaired) electrons. The van der Waals surface area contributed by atoms with E-state index >= 15 is 0 Å². The highest BCUT2D eigenvalue weighted by Crippen LogP contribution is 2.02. The molecule has 1 amide bonds. The van der Waals surface area contributed by atoms with E-state index in [1.165, 1.54) is 6.20 Å². The molecule has 0 aliphatic heterocycles. The summed E-state index contributed by atoms with van der Waals surface area (Å²) in [5.74, 6) is -0.187. The molecule has 15 heavy (non-hydrogen) atoms. The Morgan fingerprint density at radius 3 is 3.13 bits per heavy atom. The number of amidine groups is 1. The molecule has 1 atom stereocenters. The number of oxime groups is 1. The van der Waals surface area contributed by atoms with Gasteiger partial charge in [0.15, 0.2) is 0 Å². The molecular weight excluding hydrogens is 218 g/mol. The molecule has 0 aliphatic carbocycles. The lowest BCUT2D eigenvalue weighted by Gasteiger charge is -2.11. The Morgan fingerprint density at radius 2 is 2.60 bits per heavy atom. The molecule has 0 fully saturated rings. The zero-order chi connectivity index (χ0) is 11.3. The van der Waals surface area contributed by atoms with Crippen molar-refractivity contribution in [2.45, 2.75) is 19.4 Å².